The molecule has 2 heteroatoms. The lowest BCUT2D eigenvalue weighted by Crippen LogP contribution is -2.45. The Bertz CT molecular complexity index is 691. The van der Waals surface area contributed by atoms with Crippen molar-refractivity contribution >= 4 is 0 Å². The van der Waals surface area contributed by atoms with Crippen molar-refractivity contribution in [2.75, 3.05) is 39.3 Å². The molecule has 0 radical (unpaired) electrons. The molecule has 0 unspecified atom stereocenters. The summed E-state index contributed by atoms with van der Waals surface area (Å²) >= 11 is 0. The van der Waals surface area contributed by atoms with E-state index in [0.29, 0.717) is 0 Å². The Hall–Kier alpha value is -0.860. The zero-order valence-electron chi connectivity index (χ0n) is 28.8. The summed E-state index contributed by atoms with van der Waals surface area (Å²) in [5.41, 5.74) is 3.19. The molecule has 0 bridgehead atoms. The van der Waals surface area contributed by atoms with Crippen molar-refractivity contribution in [2.45, 2.75) is 181 Å². The van der Waals surface area contributed by atoms with E-state index < -0.39 is 0 Å². The summed E-state index contributed by atoms with van der Waals surface area (Å²) in [7, 11) is 0. The van der Waals surface area contributed by atoms with E-state index in [1.54, 1.807) is 11.1 Å². The van der Waals surface area contributed by atoms with Gasteiger partial charge < -0.3 is 8.97 Å². The summed E-state index contributed by atoms with van der Waals surface area (Å²) in [6.45, 7) is 15.7. The van der Waals surface area contributed by atoms with E-state index >= 15 is 0 Å². The average molecular weight is 583 g/mol. The van der Waals surface area contributed by atoms with Gasteiger partial charge in [0.05, 0.1) is 39.3 Å². The molecular weight excluding hydrogens is 508 g/mol. The van der Waals surface area contributed by atoms with Crippen LogP contribution in [0.2, 0.25) is 0 Å². The molecule has 242 valence electrons. The first-order valence-corrected chi connectivity index (χ1v) is 19.5. The molecule has 2 nitrogen and oxygen atoms in total. The van der Waals surface area contributed by atoms with E-state index in [9.17, 15) is 0 Å². The maximum Gasteiger partial charge on any atom is 0.104 e. The molecule has 3 rings (SSSR count). The van der Waals surface area contributed by atoms with Crippen LogP contribution >= 0.6 is 0 Å². The Labute approximate surface area is 264 Å². The highest BCUT2D eigenvalue weighted by Crippen LogP contribution is 2.28. The molecule has 2 aliphatic heterocycles. The summed E-state index contributed by atoms with van der Waals surface area (Å²) in [6, 6.07) is 10.1. The van der Waals surface area contributed by atoms with Gasteiger partial charge in [-0.15, -0.1) is 0 Å². The molecule has 2 heterocycles. The Balaban J connectivity index is 1.34. The Morgan fingerprint density at radius 1 is 0.381 bits per heavy atom. The third-order valence-corrected chi connectivity index (χ3v) is 11.1. The monoisotopic (exact) mass is 583 g/mol. The van der Waals surface area contributed by atoms with Crippen molar-refractivity contribution in [2.24, 2.45) is 0 Å². The molecule has 0 N–H and O–H groups in total. The van der Waals surface area contributed by atoms with Crippen molar-refractivity contribution in [1.29, 1.82) is 0 Å². The van der Waals surface area contributed by atoms with Crippen LogP contribution in [0.5, 0.6) is 0 Å². The van der Waals surface area contributed by atoms with Crippen LogP contribution in [-0.4, -0.2) is 48.2 Å². The van der Waals surface area contributed by atoms with Crippen LogP contribution in [0.4, 0.5) is 0 Å². The number of likely N-dealkylation sites (tertiary alicyclic amines) is 2. The van der Waals surface area contributed by atoms with E-state index in [1.165, 1.54) is 215 Å². The molecule has 2 saturated heterocycles. The SMILES string of the molecule is CCCCCCCCCCCC[N+]1(Cc2ccc(C[N+]3(CCCCCCCCCCCC)CCCC3)cc2)CCCC1. The minimum absolute atomic E-state index is 1.27. The molecule has 42 heavy (non-hydrogen) atoms. The number of nitrogens with zero attached hydrogens (tertiary/aromatic N) is 2. The third-order valence-electron chi connectivity index (χ3n) is 11.1. The van der Waals surface area contributed by atoms with Gasteiger partial charge in [0, 0.05) is 36.8 Å². The standard InChI is InChI=1S/C40H74N2/c1-3-5-7-9-11-13-15-17-19-21-31-41(33-23-24-34-41)37-39-27-29-40(30-28-39)38-42(35-25-26-36-42)32-22-20-18-16-14-12-10-8-6-4-2/h27-30H,3-26,31-38H2,1-2H3/q+2. The Morgan fingerprint density at radius 2 is 0.643 bits per heavy atom. The van der Waals surface area contributed by atoms with Gasteiger partial charge in [0.2, 0.25) is 0 Å². The Morgan fingerprint density at radius 3 is 0.929 bits per heavy atom. The third kappa shape index (κ3) is 14.3. The lowest BCUT2D eigenvalue weighted by Gasteiger charge is -2.35. The second-order valence-corrected chi connectivity index (χ2v) is 14.9. The van der Waals surface area contributed by atoms with Crippen LogP contribution < -0.4 is 0 Å². The molecule has 0 atom stereocenters. The number of quaternary nitrogens is 2. The second kappa shape index (κ2) is 21.8. The maximum atomic E-state index is 2.51. The van der Waals surface area contributed by atoms with Crippen LogP contribution in [0, 0.1) is 0 Å². The lowest BCUT2D eigenvalue weighted by atomic mass is 10.1. The van der Waals surface area contributed by atoms with Crippen LogP contribution in [0.25, 0.3) is 0 Å². The topological polar surface area (TPSA) is 0 Å². The van der Waals surface area contributed by atoms with Gasteiger partial charge in [-0.2, -0.15) is 0 Å². The van der Waals surface area contributed by atoms with Crippen LogP contribution in [0.15, 0.2) is 24.3 Å². The largest absolute Gasteiger partial charge is 0.320 e. The van der Waals surface area contributed by atoms with E-state index in [0.717, 1.165) is 0 Å². The van der Waals surface area contributed by atoms with Gasteiger partial charge in [-0.3, -0.25) is 0 Å². The van der Waals surface area contributed by atoms with Crippen LogP contribution in [0.3, 0.4) is 0 Å². The van der Waals surface area contributed by atoms with E-state index in [2.05, 4.69) is 38.1 Å². The average Bonchev–Trinajstić information content (AvgIpc) is 3.66. The molecule has 0 amide bonds. The smallest absolute Gasteiger partial charge is 0.104 e. The molecular formula is C40H74N2+2. The minimum Gasteiger partial charge on any atom is -0.320 e. The zero-order valence-corrected chi connectivity index (χ0v) is 28.8. The highest BCUT2D eigenvalue weighted by atomic mass is 15.4. The maximum absolute atomic E-state index is 2.51. The van der Waals surface area contributed by atoms with Crippen LogP contribution in [0.1, 0.15) is 179 Å². The summed E-state index contributed by atoms with van der Waals surface area (Å²) in [6.07, 6.45) is 34.7. The highest BCUT2D eigenvalue weighted by Gasteiger charge is 2.33. The number of rotatable bonds is 26. The first-order valence-electron chi connectivity index (χ1n) is 19.5. The van der Waals surface area contributed by atoms with Gasteiger partial charge in [-0.25, -0.2) is 0 Å². The minimum atomic E-state index is 1.27. The molecule has 1 aromatic carbocycles. The van der Waals surface area contributed by atoms with Gasteiger partial charge in [-0.05, 0) is 25.7 Å². The van der Waals surface area contributed by atoms with E-state index in [4.69, 9.17) is 0 Å². The zero-order chi connectivity index (χ0) is 29.6. The first kappa shape index (κ1) is 35.6. The molecule has 0 aromatic heterocycles. The highest BCUT2D eigenvalue weighted by molar-refractivity contribution is 5.21. The fourth-order valence-corrected chi connectivity index (χ4v) is 8.33. The van der Waals surface area contributed by atoms with Crippen molar-refractivity contribution in [3.63, 3.8) is 0 Å². The predicted molar refractivity (Wildman–Crippen MR) is 186 cm³/mol. The van der Waals surface area contributed by atoms with E-state index in [1.807, 2.05) is 0 Å². The van der Waals surface area contributed by atoms with Gasteiger partial charge in [0.1, 0.15) is 13.1 Å². The molecule has 0 spiro atoms. The van der Waals surface area contributed by atoms with Gasteiger partial charge in [0.25, 0.3) is 0 Å². The normalized spacial score (nSPS) is 17.8. The molecule has 2 aliphatic rings. The summed E-state index contributed by atoms with van der Waals surface area (Å²) in [5.74, 6) is 0. The van der Waals surface area contributed by atoms with Crippen LogP contribution in [-0.2, 0) is 13.1 Å². The predicted octanol–water partition coefficient (Wildman–Crippen LogP) is 11.7. The number of hydrogen-bond donors (Lipinski definition) is 0. The fraction of sp³-hybridized carbons (Fsp3) is 0.850. The quantitative estimate of drug-likeness (QED) is 0.0752. The lowest BCUT2D eigenvalue weighted by molar-refractivity contribution is -0.930. The first-order chi connectivity index (χ1) is 20.7. The second-order valence-electron chi connectivity index (χ2n) is 14.9. The summed E-state index contributed by atoms with van der Waals surface area (Å²) in [5, 5.41) is 0. The number of unbranched alkanes of at least 4 members (excludes halogenated alkanes) is 18. The molecule has 0 aliphatic carbocycles. The fourth-order valence-electron chi connectivity index (χ4n) is 8.33. The molecule has 0 saturated carbocycles. The number of benzene rings is 1. The van der Waals surface area contributed by atoms with E-state index in [-0.39, 0.29) is 0 Å². The van der Waals surface area contributed by atoms with Gasteiger partial charge in [0.15, 0.2) is 0 Å². The Kier molecular flexibility index (Phi) is 18.5. The van der Waals surface area contributed by atoms with Crippen molar-refractivity contribution in [3.8, 4) is 0 Å². The van der Waals surface area contributed by atoms with Gasteiger partial charge in [-0.1, -0.05) is 141 Å². The van der Waals surface area contributed by atoms with Gasteiger partial charge >= 0.3 is 0 Å². The molecule has 2 fully saturated rings. The number of hydrogen-bond acceptors (Lipinski definition) is 0. The van der Waals surface area contributed by atoms with Crippen molar-refractivity contribution in [3.05, 3.63) is 35.4 Å². The summed E-state index contributed by atoms with van der Waals surface area (Å²) < 4.78 is 2.74. The summed E-state index contributed by atoms with van der Waals surface area (Å²) in [4.78, 5) is 0. The van der Waals surface area contributed by atoms with Crippen molar-refractivity contribution < 1.29 is 8.97 Å². The molecule has 1 aromatic rings. The van der Waals surface area contributed by atoms with Crippen molar-refractivity contribution in [1.82, 2.24) is 0 Å².